The molecule has 0 fully saturated rings. The third-order valence-electron chi connectivity index (χ3n) is 2.49. The van der Waals surface area contributed by atoms with Crippen molar-refractivity contribution in [3.8, 4) is 0 Å². The molecule has 3 aromatic rings. The van der Waals surface area contributed by atoms with E-state index in [0.717, 1.165) is 11.5 Å². The third-order valence-corrected chi connectivity index (χ3v) is 2.49. The number of aromatic nitrogens is 3. The molecule has 0 aliphatic heterocycles. The van der Waals surface area contributed by atoms with Gasteiger partial charge in [0.2, 0.25) is 5.82 Å². The first-order chi connectivity index (χ1) is 6.84. The molecule has 0 aliphatic carbocycles. The lowest BCUT2D eigenvalue weighted by molar-refractivity contribution is -0.518. The number of hydrogen-bond acceptors (Lipinski definition) is 1. The highest BCUT2D eigenvalue weighted by molar-refractivity contribution is 5.82. The van der Waals surface area contributed by atoms with Crippen molar-refractivity contribution in [1.82, 2.24) is 10.2 Å². The van der Waals surface area contributed by atoms with Gasteiger partial charge in [-0.3, -0.25) is 0 Å². The Morgan fingerprint density at radius 2 is 2.00 bits per heavy atom. The van der Waals surface area contributed by atoms with Gasteiger partial charge in [-0.15, -0.1) is 5.10 Å². The molecule has 3 rings (SSSR count). The van der Waals surface area contributed by atoms with Crippen molar-refractivity contribution in [2.24, 2.45) is 0 Å². The Labute approximate surface area is 81.0 Å². The first-order valence-corrected chi connectivity index (χ1v) is 4.60. The lowest BCUT2D eigenvalue weighted by Gasteiger charge is -1.94. The summed E-state index contributed by atoms with van der Waals surface area (Å²) in [6.07, 6.45) is 2.10. The van der Waals surface area contributed by atoms with Crippen LogP contribution in [0.3, 0.4) is 0 Å². The predicted octanol–water partition coefficient (Wildman–Crippen LogP) is 1.61. The van der Waals surface area contributed by atoms with Crippen molar-refractivity contribution in [2.45, 2.75) is 6.92 Å². The van der Waals surface area contributed by atoms with Crippen molar-refractivity contribution in [2.75, 3.05) is 0 Å². The van der Waals surface area contributed by atoms with Crippen molar-refractivity contribution in [3.63, 3.8) is 0 Å². The van der Waals surface area contributed by atoms with Crippen LogP contribution >= 0.6 is 0 Å². The molecule has 0 radical (unpaired) electrons. The number of benzene rings is 1. The fourth-order valence-electron chi connectivity index (χ4n) is 1.72. The maximum atomic E-state index is 4.21. The number of nitrogens with one attached hydrogen (secondary N) is 1. The van der Waals surface area contributed by atoms with E-state index in [1.165, 1.54) is 10.8 Å². The summed E-state index contributed by atoms with van der Waals surface area (Å²) in [4.78, 5) is 0. The van der Waals surface area contributed by atoms with E-state index >= 15 is 0 Å². The smallest absolute Gasteiger partial charge is 0.201 e. The topological polar surface area (TPSA) is 32.8 Å². The minimum absolute atomic E-state index is 0.959. The van der Waals surface area contributed by atoms with Crippen LogP contribution in [-0.2, 0) is 0 Å². The standard InChI is InChI=1S/C11H9N3/c1-8-12-13-11-6-9-4-2-3-5-10(9)7-14(8)11/h2-7H,1H3/p+1. The molecule has 0 bridgehead atoms. The molecule has 14 heavy (non-hydrogen) atoms. The monoisotopic (exact) mass is 184 g/mol. The van der Waals surface area contributed by atoms with Gasteiger partial charge < -0.3 is 0 Å². The van der Waals surface area contributed by atoms with Crippen LogP contribution < -0.4 is 4.40 Å². The molecule has 0 atom stereocenters. The van der Waals surface area contributed by atoms with Gasteiger partial charge in [0.25, 0.3) is 0 Å². The van der Waals surface area contributed by atoms with Crippen LogP contribution in [0.15, 0.2) is 36.5 Å². The highest BCUT2D eigenvalue weighted by Crippen LogP contribution is 2.12. The molecular weight excluding hydrogens is 174 g/mol. The minimum atomic E-state index is 0.959. The summed E-state index contributed by atoms with van der Waals surface area (Å²) in [5, 5.41) is 9.62. The molecule has 0 saturated heterocycles. The quantitative estimate of drug-likeness (QED) is 0.529. The lowest BCUT2D eigenvalue weighted by atomic mass is 10.2. The summed E-state index contributed by atoms with van der Waals surface area (Å²) < 4.78 is 2.06. The maximum absolute atomic E-state index is 4.21. The highest BCUT2D eigenvalue weighted by atomic mass is 15.2. The maximum Gasteiger partial charge on any atom is 0.306 e. The fraction of sp³-hybridized carbons (Fsp3) is 0.0909. The van der Waals surface area contributed by atoms with E-state index in [-0.39, 0.29) is 0 Å². The molecule has 0 saturated carbocycles. The second-order valence-electron chi connectivity index (χ2n) is 3.44. The van der Waals surface area contributed by atoms with E-state index in [1.54, 1.807) is 0 Å². The molecule has 0 aliphatic rings. The Morgan fingerprint density at radius 3 is 2.86 bits per heavy atom. The van der Waals surface area contributed by atoms with Crippen molar-refractivity contribution >= 4 is 16.4 Å². The van der Waals surface area contributed by atoms with Crippen molar-refractivity contribution in [3.05, 3.63) is 42.4 Å². The molecule has 2 aromatic heterocycles. The molecular formula is C11H10N3+. The van der Waals surface area contributed by atoms with Crippen LogP contribution in [0.25, 0.3) is 16.4 Å². The summed E-state index contributed by atoms with van der Waals surface area (Å²) in [5.74, 6) is 1.05. The summed E-state index contributed by atoms with van der Waals surface area (Å²) in [6.45, 7) is 2.01. The molecule has 0 spiro atoms. The van der Waals surface area contributed by atoms with Gasteiger partial charge in [-0.25, -0.2) is 4.40 Å². The Morgan fingerprint density at radius 1 is 1.21 bits per heavy atom. The van der Waals surface area contributed by atoms with Gasteiger partial charge in [-0.2, -0.15) is 0 Å². The molecule has 3 nitrogen and oxygen atoms in total. The van der Waals surface area contributed by atoms with Crippen LogP contribution in [0.5, 0.6) is 0 Å². The van der Waals surface area contributed by atoms with E-state index in [0.29, 0.717) is 0 Å². The summed E-state index contributed by atoms with van der Waals surface area (Å²) >= 11 is 0. The molecule has 2 heterocycles. The molecule has 68 valence electrons. The van der Waals surface area contributed by atoms with E-state index < -0.39 is 0 Å². The molecule has 3 heteroatoms. The second-order valence-corrected chi connectivity index (χ2v) is 3.44. The summed E-state index contributed by atoms with van der Waals surface area (Å²) in [6, 6.07) is 10.4. The zero-order valence-corrected chi connectivity index (χ0v) is 7.86. The fourth-order valence-corrected chi connectivity index (χ4v) is 1.72. The normalized spacial score (nSPS) is 11.2. The average Bonchev–Trinajstić information content (AvgIpc) is 2.57. The van der Waals surface area contributed by atoms with Crippen LogP contribution in [0.2, 0.25) is 0 Å². The highest BCUT2D eigenvalue weighted by Gasteiger charge is 2.08. The van der Waals surface area contributed by atoms with Gasteiger partial charge in [0.15, 0.2) is 0 Å². The molecule has 1 aromatic carbocycles. The van der Waals surface area contributed by atoms with Crippen molar-refractivity contribution in [1.29, 1.82) is 0 Å². The van der Waals surface area contributed by atoms with E-state index in [4.69, 9.17) is 0 Å². The lowest BCUT2D eigenvalue weighted by Crippen LogP contribution is -2.21. The first-order valence-electron chi connectivity index (χ1n) is 4.60. The zero-order valence-electron chi connectivity index (χ0n) is 7.86. The molecule has 0 unspecified atom stereocenters. The predicted molar refractivity (Wildman–Crippen MR) is 54.0 cm³/mol. The van der Waals surface area contributed by atoms with E-state index in [9.17, 15) is 0 Å². The van der Waals surface area contributed by atoms with Gasteiger partial charge in [0.1, 0.15) is 0 Å². The Hall–Kier alpha value is -1.90. The second kappa shape index (κ2) is 2.54. The summed E-state index contributed by atoms with van der Waals surface area (Å²) in [7, 11) is 0. The molecule has 1 N–H and O–H groups in total. The number of rotatable bonds is 0. The Bertz CT molecular complexity index is 610. The van der Waals surface area contributed by atoms with E-state index in [1.807, 2.05) is 19.1 Å². The number of pyridine rings is 1. The number of aryl methyl sites for hydroxylation is 1. The van der Waals surface area contributed by atoms with Crippen LogP contribution in [0, 0.1) is 6.92 Å². The van der Waals surface area contributed by atoms with Crippen molar-refractivity contribution < 1.29 is 4.40 Å². The minimum Gasteiger partial charge on any atom is -0.201 e. The number of hydrogen-bond donors (Lipinski definition) is 1. The van der Waals surface area contributed by atoms with Crippen LogP contribution in [0.4, 0.5) is 0 Å². The van der Waals surface area contributed by atoms with Gasteiger partial charge in [-0.05, 0) is 5.39 Å². The molecule has 0 amide bonds. The number of fused-ring (bicyclic) bond motifs is 2. The first kappa shape index (κ1) is 7.50. The number of H-pyrrole nitrogens is 1. The van der Waals surface area contributed by atoms with Crippen LogP contribution in [-0.4, -0.2) is 10.2 Å². The Kier molecular flexibility index (Phi) is 1.36. The number of aromatic amines is 1. The summed E-state index contributed by atoms with van der Waals surface area (Å²) in [5.41, 5.74) is 0.959. The van der Waals surface area contributed by atoms with E-state index in [2.05, 4.69) is 39.0 Å². The van der Waals surface area contributed by atoms with Crippen LogP contribution in [0.1, 0.15) is 5.82 Å². The Balaban J connectivity index is 2.54. The van der Waals surface area contributed by atoms with Gasteiger partial charge >= 0.3 is 5.65 Å². The SMILES string of the molecule is Cc1[nH]nc2cc3ccccc3c[n+]12. The van der Waals surface area contributed by atoms with Gasteiger partial charge in [0, 0.05) is 23.5 Å². The largest absolute Gasteiger partial charge is 0.306 e. The number of nitrogens with zero attached hydrogens (tertiary/aromatic N) is 2. The third kappa shape index (κ3) is 0.923. The van der Waals surface area contributed by atoms with Gasteiger partial charge in [0.05, 0.1) is 6.20 Å². The van der Waals surface area contributed by atoms with Gasteiger partial charge in [-0.1, -0.05) is 24.3 Å². The average molecular weight is 184 g/mol. The zero-order chi connectivity index (χ0) is 9.54.